The SMILES string of the molecule is NC1CCN(C(=O)c2ccc(NCc3ccccc3Cl)c([N+](=O)[O-])c2)CC1. The van der Waals surface area contributed by atoms with Crippen molar-refractivity contribution in [3.63, 3.8) is 0 Å². The summed E-state index contributed by atoms with van der Waals surface area (Å²) >= 11 is 6.12. The van der Waals surface area contributed by atoms with Gasteiger partial charge in [-0.2, -0.15) is 0 Å². The number of hydrogen-bond donors (Lipinski definition) is 2. The van der Waals surface area contributed by atoms with Crippen LogP contribution in [0.2, 0.25) is 5.02 Å². The average Bonchev–Trinajstić information content (AvgIpc) is 2.67. The van der Waals surface area contributed by atoms with E-state index in [1.54, 1.807) is 23.1 Å². The van der Waals surface area contributed by atoms with Crippen molar-refractivity contribution in [3.8, 4) is 0 Å². The van der Waals surface area contributed by atoms with Crippen molar-refractivity contribution in [1.29, 1.82) is 0 Å². The van der Waals surface area contributed by atoms with Crippen molar-refractivity contribution in [2.45, 2.75) is 25.4 Å². The lowest BCUT2D eigenvalue weighted by Crippen LogP contribution is -2.42. The number of nitrogens with two attached hydrogens (primary N) is 1. The highest BCUT2D eigenvalue weighted by Crippen LogP contribution is 2.28. The minimum Gasteiger partial charge on any atom is -0.375 e. The fraction of sp³-hybridized carbons (Fsp3) is 0.316. The van der Waals surface area contributed by atoms with E-state index in [0.717, 1.165) is 18.4 Å². The van der Waals surface area contributed by atoms with Crippen molar-refractivity contribution in [3.05, 3.63) is 68.7 Å². The molecule has 1 aliphatic heterocycles. The van der Waals surface area contributed by atoms with Gasteiger partial charge in [0.15, 0.2) is 0 Å². The molecule has 0 aromatic heterocycles. The monoisotopic (exact) mass is 388 g/mol. The summed E-state index contributed by atoms with van der Waals surface area (Å²) in [6.45, 7) is 1.48. The first-order valence-corrected chi connectivity index (χ1v) is 9.14. The molecule has 3 N–H and O–H groups in total. The van der Waals surface area contributed by atoms with Crippen molar-refractivity contribution < 1.29 is 9.72 Å². The third kappa shape index (κ3) is 4.56. The van der Waals surface area contributed by atoms with Crippen LogP contribution in [0.4, 0.5) is 11.4 Å². The van der Waals surface area contributed by atoms with E-state index < -0.39 is 4.92 Å². The molecule has 8 heteroatoms. The van der Waals surface area contributed by atoms with Crippen LogP contribution in [0.5, 0.6) is 0 Å². The quantitative estimate of drug-likeness (QED) is 0.603. The van der Waals surface area contributed by atoms with E-state index in [1.807, 2.05) is 18.2 Å². The van der Waals surface area contributed by atoms with Crippen LogP contribution >= 0.6 is 11.6 Å². The van der Waals surface area contributed by atoms with E-state index >= 15 is 0 Å². The zero-order valence-corrected chi connectivity index (χ0v) is 15.5. The minimum atomic E-state index is -0.488. The molecule has 2 aromatic rings. The Hall–Kier alpha value is -2.64. The molecular weight excluding hydrogens is 368 g/mol. The number of nitrogens with one attached hydrogen (secondary N) is 1. The Morgan fingerprint density at radius 1 is 1.26 bits per heavy atom. The molecule has 0 saturated carbocycles. The van der Waals surface area contributed by atoms with E-state index in [-0.39, 0.29) is 17.6 Å². The highest BCUT2D eigenvalue weighted by atomic mass is 35.5. The molecule has 0 unspecified atom stereocenters. The van der Waals surface area contributed by atoms with Crippen LogP contribution in [0, 0.1) is 10.1 Å². The number of anilines is 1. The maximum atomic E-state index is 12.6. The summed E-state index contributed by atoms with van der Waals surface area (Å²) in [7, 11) is 0. The molecule has 1 saturated heterocycles. The molecular formula is C19H21ClN4O3. The predicted molar refractivity (Wildman–Crippen MR) is 105 cm³/mol. The maximum absolute atomic E-state index is 12.6. The van der Waals surface area contributed by atoms with E-state index in [2.05, 4.69) is 5.32 Å². The van der Waals surface area contributed by atoms with Gasteiger partial charge in [-0.3, -0.25) is 14.9 Å². The van der Waals surface area contributed by atoms with Gasteiger partial charge in [0.25, 0.3) is 11.6 Å². The molecule has 1 aliphatic rings. The van der Waals surface area contributed by atoms with E-state index in [0.29, 0.717) is 35.9 Å². The lowest BCUT2D eigenvalue weighted by molar-refractivity contribution is -0.384. The molecule has 1 fully saturated rings. The van der Waals surface area contributed by atoms with Crippen LogP contribution in [-0.2, 0) is 6.54 Å². The molecule has 0 spiro atoms. The van der Waals surface area contributed by atoms with Crippen LogP contribution in [0.15, 0.2) is 42.5 Å². The van der Waals surface area contributed by atoms with Gasteiger partial charge in [-0.1, -0.05) is 29.8 Å². The largest absolute Gasteiger partial charge is 0.375 e. The summed E-state index contributed by atoms with van der Waals surface area (Å²) in [5, 5.41) is 15.1. The summed E-state index contributed by atoms with van der Waals surface area (Å²) in [6.07, 6.45) is 1.48. The Kier molecular flexibility index (Phi) is 5.93. The number of rotatable bonds is 5. The van der Waals surface area contributed by atoms with Crippen LogP contribution in [0.1, 0.15) is 28.8 Å². The molecule has 0 aliphatic carbocycles. The van der Waals surface area contributed by atoms with Crippen molar-refractivity contribution in [1.82, 2.24) is 4.90 Å². The number of nitro benzene ring substituents is 1. The number of piperidine rings is 1. The molecule has 27 heavy (non-hydrogen) atoms. The molecule has 7 nitrogen and oxygen atoms in total. The Bertz CT molecular complexity index is 851. The van der Waals surface area contributed by atoms with Crippen LogP contribution in [0.25, 0.3) is 0 Å². The van der Waals surface area contributed by atoms with Crippen LogP contribution in [0.3, 0.4) is 0 Å². The Labute approximate surface area is 162 Å². The number of benzene rings is 2. The topological polar surface area (TPSA) is 102 Å². The molecule has 1 heterocycles. The van der Waals surface area contributed by atoms with Gasteiger partial charge in [-0.05, 0) is 36.6 Å². The number of hydrogen-bond acceptors (Lipinski definition) is 5. The number of nitro groups is 1. The number of nitrogens with zero attached hydrogens (tertiary/aromatic N) is 2. The third-order valence-electron chi connectivity index (χ3n) is 4.70. The highest BCUT2D eigenvalue weighted by molar-refractivity contribution is 6.31. The second kappa shape index (κ2) is 8.37. The summed E-state index contributed by atoms with van der Waals surface area (Å²) < 4.78 is 0. The summed E-state index contributed by atoms with van der Waals surface area (Å²) in [5.41, 5.74) is 7.21. The number of likely N-dealkylation sites (tertiary alicyclic amines) is 1. The molecule has 0 radical (unpaired) electrons. The van der Waals surface area contributed by atoms with E-state index in [9.17, 15) is 14.9 Å². The predicted octanol–water partition coefficient (Wildman–Crippen LogP) is 3.42. The Morgan fingerprint density at radius 3 is 2.63 bits per heavy atom. The third-order valence-corrected chi connectivity index (χ3v) is 5.06. The van der Waals surface area contributed by atoms with Gasteiger partial charge in [-0.15, -0.1) is 0 Å². The standard InChI is InChI=1S/C19H21ClN4O3/c20-16-4-2-1-3-14(16)12-22-17-6-5-13(11-18(17)24(26)27)19(25)23-9-7-15(21)8-10-23/h1-6,11,15,22H,7-10,12,21H2. The van der Waals surface area contributed by atoms with Gasteiger partial charge in [-0.25, -0.2) is 0 Å². The molecule has 0 atom stereocenters. The van der Waals surface area contributed by atoms with Gasteiger partial charge in [0, 0.05) is 42.3 Å². The van der Waals surface area contributed by atoms with Crippen molar-refractivity contribution in [2.75, 3.05) is 18.4 Å². The lowest BCUT2D eigenvalue weighted by Gasteiger charge is -2.30. The molecule has 142 valence electrons. The Balaban J connectivity index is 1.77. The first-order valence-electron chi connectivity index (χ1n) is 8.76. The lowest BCUT2D eigenvalue weighted by atomic mass is 10.0. The van der Waals surface area contributed by atoms with Crippen molar-refractivity contribution >= 4 is 28.9 Å². The smallest absolute Gasteiger partial charge is 0.293 e. The van der Waals surface area contributed by atoms with Gasteiger partial charge < -0.3 is 16.0 Å². The van der Waals surface area contributed by atoms with Crippen molar-refractivity contribution in [2.24, 2.45) is 5.73 Å². The number of amides is 1. The zero-order valence-electron chi connectivity index (χ0n) is 14.7. The van der Waals surface area contributed by atoms with Gasteiger partial charge in [0.2, 0.25) is 0 Å². The van der Waals surface area contributed by atoms with Crippen LogP contribution in [-0.4, -0.2) is 34.9 Å². The fourth-order valence-corrected chi connectivity index (χ4v) is 3.29. The first kappa shape index (κ1) is 19.1. The number of carbonyl (C=O) groups excluding carboxylic acids is 1. The first-order chi connectivity index (χ1) is 13.0. The Morgan fingerprint density at radius 2 is 1.96 bits per heavy atom. The molecule has 1 amide bonds. The van der Waals surface area contributed by atoms with Gasteiger partial charge in [0.05, 0.1) is 4.92 Å². The fourth-order valence-electron chi connectivity index (χ4n) is 3.08. The van der Waals surface area contributed by atoms with E-state index in [1.165, 1.54) is 6.07 Å². The second-order valence-electron chi connectivity index (χ2n) is 6.56. The minimum absolute atomic E-state index is 0.111. The molecule has 0 bridgehead atoms. The van der Waals surface area contributed by atoms with E-state index in [4.69, 9.17) is 17.3 Å². The average molecular weight is 389 g/mol. The van der Waals surface area contributed by atoms with Crippen LogP contribution < -0.4 is 11.1 Å². The summed E-state index contributed by atoms with van der Waals surface area (Å²) in [5.74, 6) is -0.206. The number of carbonyl (C=O) groups is 1. The normalized spacial score (nSPS) is 14.8. The van der Waals surface area contributed by atoms with Gasteiger partial charge >= 0.3 is 0 Å². The molecule has 2 aromatic carbocycles. The number of halogens is 1. The summed E-state index contributed by atoms with van der Waals surface area (Å²) in [4.78, 5) is 25.3. The zero-order chi connectivity index (χ0) is 19.4. The maximum Gasteiger partial charge on any atom is 0.293 e. The summed E-state index contributed by atoms with van der Waals surface area (Å²) in [6, 6.07) is 11.9. The second-order valence-corrected chi connectivity index (χ2v) is 6.97. The molecule has 3 rings (SSSR count). The van der Waals surface area contributed by atoms with Gasteiger partial charge in [0.1, 0.15) is 5.69 Å². The highest BCUT2D eigenvalue weighted by Gasteiger charge is 2.24.